The van der Waals surface area contributed by atoms with Crippen molar-refractivity contribution in [3.8, 4) is 11.3 Å². The second-order valence-electron chi connectivity index (χ2n) is 13.7. The number of hydrogen-bond donors (Lipinski definition) is 2. The number of aliphatic hydroxyl groups is 2. The van der Waals surface area contributed by atoms with Crippen molar-refractivity contribution < 1.29 is 41.3 Å². The normalized spacial score (nSPS) is 22.7. The first-order valence-electron chi connectivity index (χ1n) is 17.3. The Morgan fingerprint density at radius 1 is 1.08 bits per heavy atom. The molecular formula is C33H47F3N6O6S2. The number of nitrogens with zero attached hydrogens (tertiary/aromatic N) is 6. The van der Waals surface area contributed by atoms with Crippen LogP contribution >= 0.6 is 11.8 Å². The van der Waals surface area contributed by atoms with Crippen molar-refractivity contribution in [2.75, 3.05) is 77.6 Å². The molecule has 0 aliphatic carbocycles. The van der Waals surface area contributed by atoms with Gasteiger partial charge in [-0.05, 0) is 31.4 Å². The third-order valence-corrected chi connectivity index (χ3v) is 12.5. The molecule has 0 spiro atoms. The van der Waals surface area contributed by atoms with Crippen LogP contribution in [-0.4, -0.2) is 149 Å². The molecular weight excluding hydrogens is 698 g/mol. The molecule has 6 rings (SSSR count). The number of halogens is 3. The van der Waals surface area contributed by atoms with Crippen molar-refractivity contribution in [2.24, 2.45) is 0 Å². The highest BCUT2D eigenvalue weighted by molar-refractivity contribution is 7.99. The number of fused-ring (bicyclic) bond motifs is 1. The van der Waals surface area contributed by atoms with Gasteiger partial charge in [-0.25, -0.2) is 8.42 Å². The van der Waals surface area contributed by atoms with Crippen molar-refractivity contribution in [3.63, 3.8) is 0 Å². The minimum atomic E-state index is -4.57. The lowest BCUT2D eigenvalue weighted by Crippen LogP contribution is -2.47. The highest BCUT2D eigenvalue weighted by Gasteiger charge is 2.36. The maximum atomic E-state index is 14.2. The SMILES string of the molecule is CS(=O)(=O)N1CCc2c(c(-c3ccc(C(F)(F)F)c(SCCN4CCOC(CO)C4)c3)nn2CC(O)CN2CCC(N3CCCC3=O)CC2)C1. The summed E-state index contributed by atoms with van der Waals surface area (Å²) >= 11 is 1.10. The summed E-state index contributed by atoms with van der Waals surface area (Å²) in [6.07, 6.45) is -0.948. The average Bonchev–Trinajstić information content (AvgIpc) is 3.67. The van der Waals surface area contributed by atoms with Crippen LogP contribution in [0.4, 0.5) is 13.2 Å². The molecule has 2 unspecified atom stereocenters. The number of aliphatic hydroxyl groups excluding tert-OH is 2. The molecule has 3 saturated heterocycles. The van der Waals surface area contributed by atoms with E-state index in [0.29, 0.717) is 68.2 Å². The summed E-state index contributed by atoms with van der Waals surface area (Å²) in [7, 11) is -3.54. The standard InChI is InChI=1S/C33H47F3N6O6S2/c1-50(46,47)40-12-8-29-27(21-40)32(37-42(29)19-25(44)18-38-10-6-24(7-11-38)41-9-2-3-31(41)45)23-4-5-28(33(34,35)36)30(17-23)49-16-14-39-13-15-48-26(20-39)22-43/h4-5,17,24-26,43-44H,2-3,6-16,18-22H2,1H3. The minimum absolute atomic E-state index is 0.0366. The quantitative estimate of drug-likeness (QED) is 0.312. The van der Waals surface area contributed by atoms with Gasteiger partial charge in [-0.2, -0.15) is 22.6 Å². The van der Waals surface area contributed by atoms with Crippen molar-refractivity contribution in [2.45, 2.75) is 74.5 Å². The van der Waals surface area contributed by atoms with Crippen LogP contribution in [0.5, 0.6) is 0 Å². The van der Waals surface area contributed by atoms with Gasteiger partial charge in [0.2, 0.25) is 15.9 Å². The number of morpholine rings is 1. The van der Waals surface area contributed by atoms with Crippen LogP contribution in [0.15, 0.2) is 23.1 Å². The highest BCUT2D eigenvalue weighted by Crippen LogP contribution is 2.40. The molecule has 2 atom stereocenters. The number of alkyl halides is 3. The molecule has 2 aromatic rings. The van der Waals surface area contributed by atoms with Gasteiger partial charge in [-0.1, -0.05) is 6.07 Å². The van der Waals surface area contributed by atoms with Gasteiger partial charge in [0.25, 0.3) is 0 Å². The Balaban J connectivity index is 1.20. The van der Waals surface area contributed by atoms with Crippen molar-refractivity contribution in [3.05, 3.63) is 35.0 Å². The average molecular weight is 745 g/mol. The first-order valence-corrected chi connectivity index (χ1v) is 20.2. The number of amides is 1. The molecule has 0 bridgehead atoms. The Labute approximate surface area is 295 Å². The van der Waals surface area contributed by atoms with E-state index < -0.39 is 27.9 Å². The number of rotatable bonds is 12. The van der Waals surface area contributed by atoms with Gasteiger partial charge < -0.3 is 24.7 Å². The molecule has 4 aliphatic rings. The summed E-state index contributed by atoms with van der Waals surface area (Å²) in [6, 6.07) is 4.17. The largest absolute Gasteiger partial charge is 0.417 e. The predicted octanol–water partition coefficient (Wildman–Crippen LogP) is 2.12. The fourth-order valence-corrected chi connectivity index (χ4v) is 9.46. The molecule has 2 N–H and O–H groups in total. The summed E-state index contributed by atoms with van der Waals surface area (Å²) < 4.78 is 76.1. The van der Waals surface area contributed by atoms with Crippen LogP contribution in [0.2, 0.25) is 0 Å². The lowest BCUT2D eigenvalue weighted by molar-refractivity contribution is -0.139. The van der Waals surface area contributed by atoms with E-state index in [9.17, 15) is 36.6 Å². The second kappa shape index (κ2) is 15.8. The van der Waals surface area contributed by atoms with Gasteiger partial charge in [-0.3, -0.25) is 14.4 Å². The molecule has 4 aliphatic heterocycles. The first-order chi connectivity index (χ1) is 23.8. The zero-order valence-electron chi connectivity index (χ0n) is 28.4. The number of sulfonamides is 1. The van der Waals surface area contributed by atoms with Crippen LogP contribution < -0.4 is 0 Å². The molecule has 1 aromatic heterocycles. The van der Waals surface area contributed by atoms with E-state index in [0.717, 1.165) is 68.7 Å². The fourth-order valence-electron chi connectivity index (χ4n) is 7.56. The topological polar surface area (TPSA) is 132 Å². The molecule has 0 radical (unpaired) electrons. The van der Waals surface area contributed by atoms with E-state index in [-0.39, 0.29) is 49.2 Å². The molecule has 1 aromatic carbocycles. The zero-order chi connectivity index (χ0) is 35.6. The maximum absolute atomic E-state index is 14.2. The predicted molar refractivity (Wildman–Crippen MR) is 182 cm³/mol. The summed E-state index contributed by atoms with van der Waals surface area (Å²) in [5.74, 6) is 0.609. The number of hydrogen-bond acceptors (Lipinski definition) is 10. The van der Waals surface area contributed by atoms with Crippen molar-refractivity contribution in [1.82, 2.24) is 28.8 Å². The summed E-state index contributed by atoms with van der Waals surface area (Å²) in [4.78, 5) is 18.5. The number of carbonyl (C=O) groups is 1. The summed E-state index contributed by atoms with van der Waals surface area (Å²) in [6.45, 7) is 5.17. The molecule has 5 heterocycles. The Morgan fingerprint density at radius 3 is 2.54 bits per heavy atom. The second-order valence-corrected chi connectivity index (χ2v) is 16.8. The van der Waals surface area contributed by atoms with Crippen LogP contribution in [0, 0.1) is 0 Å². The van der Waals surface area contributed by atoms with Gasteiger partial charge >= 0.3 is 6.18 Å². The number of carbonyl (C=O) groups excluding carboxylic acids is 1. The number of β-amino-alcohol motifs (C(OH)–C–C–N with tert-alkyl or cyclic N) is 1. The van der Waals surface area contributed by atoms with Gasteiger partial charge in [0.15, 0.2) is 0 Å². The molecule has 12 nitrogen and oxygen atoms in total. The lowest BCUT2D eigenvalue weighted by atomic mass is 10.0. The van der Waals surface area contributed by atoms with Gasteiger partial charge in [0, 0.05) is 105 Å². The van der Waals surface area contributed by atoms with E-state index >= 15 is 0 Å². The highest BCUT2D eigenvalue weighted by atomic mass is 32.2. The van der Waals surface area contributed by atoms with Crippen LogP contribution in [-0.2, 0) is 45.2 Å². The zero-order valence-corrected chi connectivity index (χ0v) is 30.0. The number of aromatic nitrogens is 2. The van der Waals surface area contributed by atoms with Gasteiger partial charge in [0.1, 0.15) is 0 Å². The third kappa shape index (κ3) is 8.85. The van der Waals surface area contributed by atoms with E-state index in [1.807, 2.05) is 4.90 Å². The third-order valence-electron chi connectivity index (χ3n) is 10.2. The smallest absolute Gasteiger partial charge is 0.394 e. The fraction of sp³-hybridized carbons (Fsp3) is 0.697. The number of benzene rings is 1. The molecule has 278 valence electrons. The van der Waals surface area contributed by atoms with Gasteiger partial charge in [0.05, 0.1) is 49.5 Å². The Hall–Kier alpha value is -2.25. The maximum Gasteiger partial charge on any atom is 0.417 e. The van der Waals surface area contributed by atoms with Crippen LogP contribution in [0.3, 0.4) is 0 Å². The van der Waals surface area contributed by atoms with Crippen molar-refractivity contribution in [1.29, 1.82) is 0 Å². The molecule has 50 heavy (non-hydrogen) atoms. The summed E-state index contributed by atoms with van der Waals surface area (Å²) in [5, 5.41) is 25.5. The van der Waals surface area contributed by atoms with Crippen LogP contribution in [0.1, 0.15) is 42.5 Å². The van der Waals surface area contributed by atoms with Crippen molar-refractivity contribution >= 4 is 27.7 Å². The number of ether oxygens (including phenoxy) is 1. The molecule has 1 amide bonds. The van der Waals surface area contributed by atoms with Crippen LogP contribution in [0.25, 0.3) is 11.3 Å². The first kappa shape index (κ1) is 37.5. The van der Waals surface area contributed by atoms with E-state index in [2.05, 4.69) is 9.80 Å². The van der Waals surface area contributed by atoms with E-state index in [4.69, 9.17) is 9.84 Å². The number of thioether (sulfide) groups is 1. The van der Waals surface area contributed by atoms with E-state index in [1.165, 1.54) is 16.4 Å². The molecule has 3 fully saturated rings. The Kier molecular flexibility index (Phi) is 11.8. The van der Waals surface area contributed by atoms with E-state index in [1.54, 1.807) is 4.68 Å². The number of piperidine rings is 1. The molecule has 17 heteroatoms. The summed E-state index contributed by atoms with van der Waals surface area (Å²) in [5.41, 5.74) is 1.51. The Bertz CT molecular complexity index is 1620. The molecule has 0 saturated carbocycles. The lowest BCUT2D eigenvalue weighted by Gasteiger charge is -2.37. The Morgan fingerprint density at radius 2 is 1.86 bits per heavy atom. The monoisotopic (exact) mass is 744 g/mol. The minimum Gasteiger partial charge on any atom is -0.394 e. The number of likely N-dealkylation sites (tertiary alicyclic amines) is 2. The van der Waals surface area contributed by atoms with Gasteiger partial charge in [-0.15, -0.1) is 11.8 Å².